The van der Waals surface area contributed by atoms with Gasteiger partial charge in [-0.05, 0) is 44.2 Å². The lowest BCUT2D eigenvalue weighted by molar-refractivity contribution is 0.426. The van der Waals surface area contributed by atoms with Gasteiger partial charge in [0.05, 0.1) is 0 Å². The molecule has 3 heteroatoms. The van der Waals surface area contributed by atoms with E-state index in [1.165, 1.54) is 21.5 Å². The fourth-order valence-corrected chi connectivity index (χ4v) is 3.04. The highest BCUT2D eigenvalue weighted by molar-refractivity contribution is 6.58. The van der Waals surface area contributed by atoms with Gasteiger partial charge in [-0.2, -0.15) is 0 Å². The summed E-state index contributed by atoms with van der Waals surface area (Å²) < 4.78 is 0. The molecule has 0 saturated heterocycles. The number of fused-ring (bicyclic) bond motifs is 3. The maximum atomic E-state index is 9.18. The monoisotopic (exact) mass is 298 g/mol. The van der Waals surface area contributed by atoms with E-state index in [4.69, 9.17) is 0 Å². The van der Waals surface area contributed by atoms with Gasteiger partial charge in [-0.3, -0.25) is 0 Å². The van der Waals surface area contributed by atoms with E-state index < -0.39 is 7.12 Å². The average molecular weight is 298 g/mol. The third kappa shape index (κ3) is 2.50. The van der Waals surface area contributed by atoms with Gasteiger partial charge in [-0.1, -0.05) is 72.8 Å². The molecule has 0 bridgehead atoms. The molecule has 0 aliphatic heterocycles. The molecule has 0 heterocycles. The van der Waals surface area contributed by atoms with Crippen molar-refractivity contribution < 1.29 is 10.0 Å². The van der Waals surface area contributed by atoms with Gasteiger partial charge in [0.15, 0.2) is 0 Å². The second-order valence-electron chi connectivity index (χ2n) is 5.72. The SMILES string of the molecule is OB(O)c1ccc(-c2ccc3c(ccc4ccccc43)c2)cc1. The van der Waals surface area contributed by atoms with Crippen molar-refractivity contribution in [2.45, 2.75) is 0 Å². The van der Waals surface area contributed by atoms with Crippen LogP contribution in [0.25, 0.3) is 32.7 Å². The van der Waals surface area contributed by atoms with Crippen molar-refractivity contribution in [1.82, 2.24) is 0 Å². The van der Waals surface area contributed by atoms with Gasteiger partial charge < -0.3 is 10.0 Å². The molecule has 23 heavy (non-hydrogen) atoms. The third-order valence-electron chi connectivity index (χ3n) is 4.29. The Labute approximate surface area is 134 Å². The summed E-state index contributed by atoms with van der Waals surface area (Å²) >= 11 is 0. The lowest BCUT2D eigenvalue weighted by atomic mass is 9.80. The molecular weight excluding hydrogens is 283 g/mol. The molecule has 4 aromatic rings. The number of hydrogen-bond donors (Lipinski definition) is 2. The Kier molecular flexibility index (Phi) is 3.38. The maximum Gasteiger partial charge on any atom is 0.488 e. The molecule has 0 aliphatic carbocycles. The van der Waals surface area contributed by atoms with E-state index in [1.807, 2.05) is 12.1 Å². The highest BCUT2D eigenvalue weighted by Gasteiger charge is 2.10. The van der Waals surface area contributed by atoms with Crippen LogP contribution in [-0.4, -0.2) is 17.2 Å². The Morgan fingerprint density at radius 2 is 1.22 bits per heavy atom. The van der Waals surface area contributed by atoms with Crippen LogP contribution in [-0.2, 0) is 0 Å². The number of benzene rings is 4. The second-order valence-corrected chi connectivity index (χ2v) is 5.72. The molecule has 0 atom stereocenters. The summed E-state index contributed by atoms with van der Waals surface area (Å²) in [5.41, 5.74) is 2.68. The van der Waals surface area contributed by atoms with Crippen molar-refractivity contribution in [1.29, 1.82) is 0 Å². The van der Waals surface area contributed by atoms with Crippen LogP contribution in [0.4, 0.5) is 0 Å². The third-order valence-corrected chi connectivity index (χ3v) is 4.29. The Morgan fingerprint density at radius 3 is 2.00 bits per heavy atom. The highest BCUT2D eigenvalue weighted by Crippen LogP contribution is 2.29. The van der Waals surface area contributed by atoms with Crippen LogP contribution in [0, 0.1) is 0 Å². The van der Waals surface area contributed by atoms with Gasteiger partial charge in [-0.15, -0.1) is 0 Å². The first-order chi connectivity index (χ1) is 11.2. The summed E-state index contributed by atoms with van der Waals surface area (Å²) in [6, 6.07) is 26.4. The Morgan fingerprint density at radius 1 is 0.565 bits per heavy atom. The highest BCUT2D eigenvalue weighted by atomic mass is 16.4. The van der Waals surface area contributed by atoms with Crippen LogP contribution in [0.1, 0.15) is 0 Å². The fourth-order valence-electron chi connectivity index (χ4n) is 3.04. The van der Waals surface area contributed by atoms with Crippen molar-refractivity contribution in [2.24, 2.45) is 0 Å². The predicted octanol–water partition coefficient (Wildman–Crippen LogP) is 3.34. The lowest BCUT2D eigenvalue weighted by Gasteiger charge is -2.08. The first-order valence-corrected chi connectivity index (χ1v) is 7.60. The van der Waals surface area contributed by atoms with E-state index in [-0.39, 0.29) is 0 Å². The minimum absolute atomic E-state index is 0.500. The van der Waals surface area contributed by atoms with Gasteiger partial charge in [0.2, 0.25) is 0 Å². The quantitative estimate of drug-likeness (QED) is 0.440. The molecule has 0 spiro atoms. The number of rotatable bonds is 2. The first-order valence-electron chi connectivity index (χ1n) is 7.60. The fraction of sp³-hybridized carbons (Fsp3) is 0. The summed E-state index contributed by atoms with van der Waals surface area (Å²) in [5.74, 6) is 0. The normalized spacial score (nSPS) is 11.0. The van der Waals surface area contributed by atoms with Crippen LogP contribution >= 0.6 is 0 Å². The molecule has 0 unspecified atom stereocenters. The standard InChI is InChI=1S/C20H15BO2/c22-21(23)18-10-7-14(8-11-18)16-9-12-20-17(13-16)6-5-15-3-1-2-4-19(15)20/h1-13,22-23H. The van der Waals surface area contributed by atoms with Crippen LogP contribution in [0.3, 0.4) is 0 Å². The second kappa shape index (κ2) is 5.54. The van der Waals surface area contributed by atoms with Crippen LogP contribution in [0.5, 0.6) is 0 Å². The molecule has 110 valence electrons. The van der Waals surface area contributed by atoms with Crippen molar-refractivity contribution in [3.8, 4) is 11.1 Å². The molecule has 4 aromatic carbocycles. The smallest absolute Gasteiger partial charge is 0.423 e. The van der Waals surface area contributed by atoms with E-state index in [9.17, 15) is 10.0 Å². The molecule has 4 rings (SSSR count). The maximum absolute atomic E-state index is 9.18. The molecule has 0 fully saturated rings. The Balaban J connectivity index is 1.84. The van der Waals surface area contributed by atoms with Crippen molar-refractivity contribution >= 4 is 34.1 Å². The Hall–Kier alpha value is -2.62. The van der Waals surface area contributed by atoms with Gasteiger partial charge >= 0.3 is 7.12 Å². The summed E-state index contributed by atoms with van der Waals surface area (Å²) in [5, 5.41) is 23.3. The summed E-state index contributed by atoms with van der Waals surface area (Å²) in [7, 11) is -1.42. The zero-order valence-electron chi connectivity index (χ0n) is 12.5. The van der Waals surface area contributed by atoms with E-state index in [1.54, 1.807) is 12.1 Å². The van der Waals surface area contributed by atoms with Crippen LogP contribution in [0.2, 0.25) is 0 Å². The van der Waals surface area contributed by atoms with E-state index >= 15 is 0 Å². The van der Waals surface area contributed by atoms with Crippen molar-refractivity contribution in [3.05, 3.63) is 78.9 Å². The summed E-state index contributed by atoms with van der Waals surface area (Å²) in [6.45, 7) is 0. The van der Waals surface area contributed by atoms with Crippen LogP contribution in [0.15, 0.2) is 78.9 Å². The minimum Gasteiger partial charge on any atom is -0.423 e. The number of hydrogen-bond acceptors (Lipinski definition) is 2. The molecule has 2 N–H and O–H groups in total. The van der Waals surface area contributed by atoms with E-state index in [0.29, 0.717) is 5.46 Å². The molecule has 0 radical (unpaired) electrons. The molecule has 0 amide bonds. The van der Waals surface area contributed by atoms with Gasteiger partial charge in [0, 0.05) is 0 Å². The topological polar surface area (TPSA) is 40.5 Å². The van der Waals surface area contributed by atoms with Gasteiger partial charge in [-0.25, -0.2) is 0 Å². The van der Waals surface area contributed by atoms with Gasteiger partial charge in [0.1, 0.15) is 0 Å². The Bertz CT molecular complexity index is 991. The lowest BCUT2D eigenvalue weighted by Crippen LogP contribution is -2.29. The zero-order valence-corrected chi connectivity index (χ0v) is 12.5. The summed E-state index contributed by atoms with van der Waals surface area (Å²) in [4.78, 5) is 0. The van der Waals surface area contributed by atoms with Crippen LogP contribution < -0.4 is 5.46 Å². The molecular formula is C20H15BO2. The minimum atomic E-state index is -1.42. The average Bonchev–Trinajstić information content (AvgIpc) is 2.61. The largest absolute Gasteiger partial charge is 0.488 e. The van der Waals surface area contributed by atoms with Crippen molar-refractivity contribution in [3.63, 3.8) is 0 Å². The van der Waals surface area contributed by atoms with E-state index in [2.05, 4.69) is 54.6 Å². The molecule has 0 saturated carbocycles. The van der Waals surface area contributed by atoms with Gasteiger partial charge in [0.25, 0.3) is 0 Å². The predicted molar refractivity (Wildman–Crippen MR) is 96.7 cm³/mol. The van der Waals surface area contributed by atoms with E-state index in [0.717, 1.165) is 11.1 Å². The first kappa shape index (κ1) is 14.0. The molecule has 0 aliphatic rings. The zero-order chi connectivity index (χ0) is 15.8. The molecule has 2 nitrogen and oxygen atoms in total. The summed E-state index contributed by atoms with van der Waals surface area (Å²) in [6.07, 6.45) is 0. The molecule has 0 aromatic heterocycles. The van der Waals surface area contributed by atoms with Crippen molar-refractivity contribution in [2.75, 3.05) is 0 Å².